The minimum absolute atomic E-state index is 0.0600. The van der Waals surface area contributed by atoms with E-state index >= 15 is 0 Å². The normalized spacial score (nSPS) is 13.7. The molecule has 1 amide bonds. The molecule has 3 nitrogen and oxygen atoms in total. The molecule has 0 fully saturated rings. The van der Waals surface area contributed by atoms with Gasteiger partial charge in [-0.3, -0.25) is 4.79 Å². The Bertz CT molecular complexity index is 618. The first-order valence-electron chi connectivity index (χ1n) is 5.92. The molecule has 4 heteroatoms. The third-order valence-corrected chi connectivity index (χ3v) is 4.21. The quantitative estimate of drug-likeness (QED) is 0.799. The number of nitrogens with two attached hydrogens (primary N) is 1. The maximum absolute atomic E-state index is 12.5. The number of amides is 1. The first-order valence-corrected chi connectivity index (χ1v) is 6.74. The summed E-state index contributed by atoms with van der Waals surface area (Å²) in [5.41, 5.74) is 8.74. The summed E-state index contributed by atoms with van der Waals surface area (Å²) in [6.07, 6.45) is 0.885. The van der Waals surface area contributed by atoms with E-state index in [4.69, 9.17) is 5.73 Å². The molecule has 2 aromatic rings. The second-order valence-corrected chi connectivity index (χ2v) is 5.76. The Kier molecular flexibility index (Phi) is 2.59. The fourth-order valence-electron chi connectivity index (χ4n) is 2.37. The van der Waals surface area contributed by atoms with Gasteiger partial charge in [0, 0.05) is 11.4 Å². The zero-order chi connectivity index (χ0) is 12.7. The molecule has 1 aromatic carbocycles. The standard InChI is InChI=1S/C14H14N2OS/c1-9-5-6-12(18-9)14(17)16-8-7-10-3-2-4-11(15)13(10)16/h2-6H,7-8,15H2,1H3. The van der Waals surface area contributed by atoms with Crippen molar-refractivity contribution in [3.05, 3.63) is 45.6 Å². The Morgan fingerprint density at radius 1 is 1.33 bits per heavy atom. The van der Waals surface area contributed by atoms with Crippen LogP contribution < -0.4 is 10.6 Å². The molecular formula is C14H14N2OS. The number of anilines is 2. The van der Waals surface area contributed by atoms with E-state index < -0.39 is 0 Å². The third kappa shape index (κ3) is 1.69. The third-order valence-electron chi connectivity index (χ3n) is 3.22. The van der Waals surface area contributed by atoms with Crippen molar-refractivity contribution in [3.8, 4) is 0 Å². The van der Waals surface area contributed by atoms with Crippen LogP contribution >= 0.6 is 11.3 Å². The number of hydrogen-bond donors (Lipinski definition) is 1. The number of aryl methyl sites for hydroxylation is 1. The second-order valence-electron chi connectivity index (χ2n) is 4.47. The molecule has 0 aliphatic carbocycles. The number of nitrogen functional groups attached to an aromatic ring is 1. The molecule has 0 saturated carbocycles. The predicted octanol–water partition coefficient (Wildman–Crippen LogP) is 2.84. The first-order chi connectivity index (χ1) is 8.66. The number of carbonyl (C=O) groups is 1. The van der Waals surface area contributed by atoms with Gasteiger partial charge in [-0.05, 0) is 37.1 Å². The molecule has 1 aromatic heterocycles. The van der Waals surface area contributed by atoms with Gasteiger partial charge in [0.1, 0.15) is 0 Å². The fraction of sp³-hybridized carbons (Fsp3) is 0.214. The van der Waals surface area contributed by atoms with Crippen LogP contribution in [0.2, 0.25) is 0 Å². The summed E-state index contributed by atoms with van der Waals surface area (Å²) in [5, 5.41) is 0. The van der Waals surface area contributed by atoms with E-state index in [0.717, 1.165) is 34.0 Å². The Hall–Kier alpha value is -1.81. The molecule has 0 radical (unpaired) electrons. The number of hydrogen-bond acceptors (Lipinski definition) is 3. The number of carbonyl (C=O) groups excluding carboxylic acids is 1. The number of fused-ring (bicyclic) bond motifs is 1. The molecule has 2 heterocycles. The number of para-hydroxylation sites is 1. The van der Waals surface area contributed by atoms with Crippen molar-refractivity contribution in [3.63, 3.8) is 0 Å². The van der Waals surface area contributed by atoms with Crippen LogP contribution in [0.4, 0.5) is 11.4 Å². The molecular weight excluding hydrogens is 244 g/mol. The predicted molar refractivity (Wildman–Crippen MR) is 75.3 cm³/mol. The van der Waals surface area contributed by atoms with Crippen molar-refractivity contribution in [1.29, 1.82) is 0 Å². The molecule has 92 valence electrons. The van der Waals surface area contributed by atoms with Crippen LogP contribution in [-0.4, -0.2) is 12.5 Å². The highest BCUT2D eigenvalue weighted by Crippen LogP contribution is 2.35. The molecule has 1 aliphatic rings. The Morgan fingerprint density at radius 2 is 2.17 bits per heavy atom. The Morgan fingerprint density at radius 3 is 2.89 bits per heavy atom. The Balaban J connectivity index is 2.00. The lowest BCUT2D eigenvalue weighted by Crippen LogP contribution is -2.28. The fourth-order valence-corrected chi connectivity index (χ4v) is 3.19. The Labute approximate surface area is 110 Å². The van der Waals surface area contributed by atoms with Crippen LogP contribution in [-0.2, 0) is 6.42 Å². The molecule has 0 bridgehead atoms. The van der Waals surface area contributed by atoms with Crippen molar-refractivity contribution in [2.24, 2.45) is 0 Å². The maximum Gasteiger partial charge on any atom is 0.268 e. The number of rotatable bonds is 1. The van der Waals surface area contributed by atoms with E-state index in [2.05, 4.69) is 0 Å². The number of benzene rings is 1. The topological polar surface area (TPSA) is 46.3 Å². The summed E-state index contributed by atoms with van der Waals surface area (Å²) in [4.78, 5) is 16.2. The van der Waals surface area contributed by atoms with Crippen molar-refractivity contribution in [2.45, 2.75) is 13.3 Å². The molecule has 0 saturated heterocycles. The van der Waals surface area contributed by atoms with Gasteiger partial charge in [-0.15, -0.1) is 11.3 Å². The molecule has 0 spiro atoms. The van der Waals surface area contributed by atoms with Gasteiger partial charge in [0.25, 0.3) is 5.91 Å². The summed E-state index contributed by atoms with van der Waals surface area (Å²) < 4.78 is 0. The summed E-state index contributed by atoms with van der Waals surface area (Å²) >= 11 is 1.53. The lowest BCUT2D eigenvalue weighted by atomic mass is 10.1. The van der Waals surface area contributed by atoms with Gasteiger partial charge in [-0.1, -0.05) is 12.1 Å². The van der Waals surface area contributed by atoms with Crippen LogP contribution in [0, 0.1) is 6.92 Å². The summed E-state index contributed by atoms with van der Waals surface area (Å²) in [7, 11) is 0. The van der Waals surface area contributed by atoms with Crippen molar-refractivity contribution in [2.75, 3.05) is 17.2 Å². The van der Waals surface area contributed by atoms with Crippen molar-refractivity contribution in [1.82, 2.24) is 0 Å². The largest absolute Gasteiger partial charge is 0.397 e. The van der Waals surface area contributed by atoms with Crippen LogP contribution in [0.15, 0.2) is 30.3 Å². The molecule has 18 heavy (non-hydrogen) atoms. The smallest absolute Gasteiger partial charge is 0.268 e. The van der Waals surface area contributed by atoms with Gasteiger partial charge in [0.05, 0.1) is 16.3 Å². The summed E-state index contributed by atoms with van der Waals surface area (Å²) in [6.45, 7) is 2.73. The maximum atomic E-state index is 12.5. The van der Waals surface area contributed by atoms with Gasteiger partial charge < -0.3 is 10.6 Å². The average Bonchev–Trinajstić information content (AvgIpc) is 2.95. The minimum Gasteiger partial charge on any atom is -0.397 e. The molecule has 2 N–H and O–H groups in total. The number of thiophene rings is 1. The summed E-state index contributed by atoms with van der Waals surface area (Å²) in [5.74, 6) is 0.0600. The lowest BCUT2D eigenvalue weighted by molar-refractivity contribution is 0.0993. The van der Waals surface area contributed by atoms with Gasteiger partial charge in [-0.25, -0.2) is 0 Å². The minimum atomic E-state index is 0.0600. The van der Waals surface area contributed by atoms with Crippen molar-refractivity contribution < 1.29 is 4.79 Å². The van der Waals surface area contributed by atoms with E-state index in [1.54, 1.807) is 4.90 Å². The van der Waals surface area contributed by atoms with E-state index in [-0.39, 0.29) is 5.91 Å². The van der Waals surface area contributed by atoms with E-state index in [1.807, 2.05) is 37.3 Å². The zero-order valence-electron chi connectivity index (χ0n) is 10.1. The highest BCUT2D eigenvalue weighted by atomic mass is 32.1. The van der Waals surface area contributed by atoms with Gasteiger partial charge in [0.2, 0.25) is 0 Å². The lowest BCUT2D eigenvalue weighted by Gasteiger charge is -2.18. The highest BCUT2D eigenvalue weighted by Gasteiger charge is 2.27. The van der Waals surface area contributed by atoms with E-state index in [9.17, 15) is 4.79 Å². The molecule has 0 atom stereocenters. The SMILES string of the molecule is Cc1ccc(C(=O)N2CCc3cccc(N)c32)s1. The van der Waals surface area contributed by atoms with Gasteiger partial charge in [0.15, 0.2) is 0 Å². The van der Waals surface area contributed by atoms with E-state index in [0.29, 0.717) is 5.69 Å². The monoisotopic (exact) mass is 258 g/mol. The zero-order valence-corrected chi connectivity index (χ0v) is 11.0. The van der Waals surface area contributed by atoms with Crippen LogP contribution in [0.1, 0.15) is 20.1 Å². The van der Waals surface area contributed by atoms with E-state index in [1.165, 1.54) is 11.3 Å². The number of nitrogens with zero attached hydrogens (tertiary/aromatic N) is 1. The highest BCUT2D eigenvalue weighted by molar-refractivity contribution is 7.14. The van der Waals surface area contributed by atoms with Gasteiger partial charge in [-0.2, -0.15) is 0 Å². The van der Waals surface area contributed by atoms with Crippen LogP contribution in [0.25, 0.3) is 0 Å². The second kappa shape index (κ2) is 4.14. The molecule has 3 rings (SSSR count). The van der Waals surface area contributed by atoms with Crippen LogP contribution in [0.3, 0.4) is 0 Å². The average molecular weight is 258 g/mol. The van der Waals surface area contributed by atoms with Crippen molar-refractivity contribution >= 4 is 28.6 Å². The summed E-state index contributed by atoms with van der Waals surface area (Å²) in [6, 6.07) is 9.70. The van der Waals surface area contributed by atoms with Gasteiger partial charge >= 0.3 is 0 Å². The molecule has 1 aliphatic heterocycles. The first kappa shape index (κ1) is 11.3. The molecule has 0 unspecified atom stereocenters. The van der Waals surface area contributed by atoms with Crippen LogP contribution in [0.5, 0.6) is 0 Å².